The fraction of sp³-hybridized carbons (Fsp3) is 0.500. The van der Waals surface area contributed by atoms with Crippen molar-refractivity contribution in [3.63, 3.8) is 0 Å². The third kappa shape index (κ3) is 7.12. The second-order valence-corrected chi connectivity index (χ2v) is 6.77. The molecular weight excluding hydrogens is 427 g/mol. The van der Waals surface area contributed by atoms with Crippen LogP contribution in [0.25, 0.3) is 0 Å². The highest BCUT2D eigenvalue weighted by atomic mass is 19.4. The smallest absolute Gasteiger partial charge is 0.422 e. The molecular formula is C18H20F3N3O7. The van der Waals surface area contributed by atoms with Crippen LogP contribution < -0.4 is 5.32 Å². The zero-order valence-corrected chi connectivity index (χ0v) is 16.4. The van der Waals surface area contributed by atoms with E-state index in [0.717, 1.165) is 4.90 Å². The van der Waals surface area contributed by atoms with Gasteiger partial charge in [-0.15, -0.1) is 0 Å². The molecule has 0 aromatic heterocycles. The van der Waals surface area contributed by atoms with Crippen LogP contribution in [0, 0.1) is 16.0 Å². The van der Waals surface area contributed by atoms with Crippen LogP contribution in [-0.2, 0) is 19.1 Å². The van der Waals surface area contributed by atoms with Crippen LogP contribution in [-0.4, -0.2) is 59.8 Å². The van der Waals surface area contributed by atoms with Crippen molar-refractivity contribution in [1.82, 2.24) is 4.90 Å². The number of nitro groups is 1. The molecule has 1 atom stereocenters. The molecule has 10 nitrogen and oxygen atoms in total. The second-order valence-electron chi connectivity index (χ2n) is 6.77. The molecule has 1 heterocycles. The van der Waals surface area contributed by atoms with Gasteiger partial charge in [-0.2, -0.15) is 13.2 Å². The van der Waals surface area contributed by atoms with Crippen molar-refractivity contribution < 1.29 is 42.0 Å². The zero-order chi connectivity index (χ0) is 23.2. The molecule has 170 valence electrons. The number of nitro benzene ring substituents is 1. The maximum absolute atomic E-state index is 12.3. The predicted octanol–water partition coefficient (Wildman–Crippen LogP) is 2.88. The van der Waals surface area contributed by atoms with E-state index in [4.69, 9.17) is 4.74 Å². The van der Waals surface area contributed by atoms with Crippen molar-refractivity contribution in [2.24, 2.45) is 5.92 Å². The van der Waals surface area contributed by atoms with Gasteiger partial charge in [0.15, 0.2) is 12.7 Å². The molecule has 0 saturated carbocycles. The minimum Gasteiger partial charge on any atom is -0.452 e. The Labute approximate surface area is 174 Å². The number of anilines is 1. The molecule has 0 bridgehead atoms. The average molecular weight is 447 g/mol. The van der Waals surface area contributed by atoms with E-state index in [-0.39, 0.29) is 37.3 Å². The summed E-state index contributed by atoms with van der Waals surface area (Å²) in [4.78, 5) is 47.5. The molecule has 1 aliphatic heterocycles. The van der Waals surface area contributed by atoms with Gasteiger partial charge in [-0.25, -0.2) is 4.79 Å². The van der Waals surface area contributed by atoms with E-state index in [0.29, 0.717) is 0 Å². The van der Waals surface area contributed by atoms with Gasteiger partial charge < -0.3 is 19.7 Å². The van der Waals surface area contributed by atoms with E-state index in [1.165, 1.54) is 31.2 Å². The maximum atomic E-state index is 12.3. The highest BCUT2D eigenvalue weighted by Gasteiger charge is 2.34. The first-order valence-corrected chi connectivity index (χ1v) is 9.21. The van der Waals surface area contributed by atoms with Gasteiger partial charge in [0, 0.05) is 19.2 Å². The summed E-state index contributed by atoms with van der Waals surface area (Å²) < 4.78 is 45.6. The fourth-order valence-corrected chi connectivity index (χ4v) is 2.83. The van der Waals surface area contributed by atoms with E-state index >= 15 is 0 Å². The number of alkyl halides is 3. The molecule has 1 fully saturated rings. The van der Waals surface area contributed by atoms with Crippen molar-refractivity contribution in [1.29, 1.82) is 0 Å². The molecule has 13 heteroatoms. The van der Waals surface area contributed by atoms with E-state index < -0.39 is 47.7 Å². The standard InChI is InChI=1S/C18H20F3N3O7/c1-11(15(25)22-13-4-2-3-5-14(13)24(28)29)31-16(26)12-6-8-23(9-7-12)17(27)30-10-18(19,20)21/h2-5,11-12H,6-10H2,1H3,(H,22,25). The van der Waals surface area contributed by atoms with Crippen molar-refractivity contribution in [3.8, 4) is 0 Å². The summed E-state index contributed by atoms with van der Waals surface area (Å²) in [7, 11) is 0. The molecule has 1 aromatic carbocycles. The molecule has 1 saturated heterocycles. The number of likely N-dealkylation sites (tertiary alicyclic amines) is 1. The number of rotatable bonds is 6. The lowest BCUT2D eigenvalue weighted by Crippen LogP contribution is -2.42. The number of benzene rings is 1. The number of para-hydroxylation sites is 2. The van der Waals surface area contributed by atoms with Gasteiger partial charge in [-0.3, -0.25) is 19.7 Å². The van der Waals surface area contributed by atoms with Gasteiger partial charge in [0.1, 0.15) is 5.69 Å². The van der Waals surface area contributed by atoms with Crippen LogP contribution in [0.3, 0.4) is 0 Å². The van der Waals surface area contributed by atoms with E-state index in [1.54, 1.807) is 0 Å². The second kappa shape index (κ2) is 10.1. The summed E-state index contributed by atoms with van der Waals surface area (Å²) >= 11 is 0. The van der Waals surface area contributed by atoms with Crippen LogP contribution in [0.2, 0.25) is 0 Å². The molecule has 0 aliphatic carbocycles. The highest BCUT2D eigenvalue weighted by molar-refractivity contribution is 5.97. The number of ether oxygens (including phenoxy) is 2. The molecule has 2 amide bonds. The van der Waals surface area contributed by atoms with Crippen molar-refractivity contribution in [2.75, 3.05) is 25.0 Å². The highest BCUT2D eigenvalue weighted by Crippen LogP contribution is 2.24. The molecule has 31 heavy (non-hydrogen) atoms. The third-order valence-electron chi connectivity index (χ3n) is 4.47. The average Bonchev–Trinajstić information content (AvgIpc) is 2.71. The Balaban J connectivity index is 1.82. The topological polar surface area (TPSA) is 128 Å². The molecule has 0 radical (unpaired) electrons. The molecule has 2 rings (SSSR count). The third-order valence-corrected chi connectivity index (χ3v) is 4.47. The summed E-state index contributed by atoms with van der Waals surface area (Å²) in [5, 5.41) is 13.3. The number of hydrogen-bond acceptors (Lipinski definition) is 7. The van der Waals surface area contributed by atoms with Gasteiger partial charge in [0.2, 0.25) is 0 Å². The summed E-state index contributed by atoms with van der Waals surface area (Å²) in [6.45, 7) is -0.411. The molecule has 0 spiro atoms. The monoisotopic (exact) mass is 447 g/mol. The Morgan fingerprint density at radius 1 is 1.26 bits per heavy atom. The number of nitrogens with one attached hydrogen (secondary N) is 1. The van der Waals surface area contributed by atoms with Gasteiger partial charge in [0.05, 0.1) is 10.8 Å². The molecule has 1 aromatic rings. The van der Waals surface area contributed by atoms with Gasteiger partial charge in [-0.05, 0) is 25.8 Å². The van der Waals surface area contributed by atoms with Gasteiger partial charge in [-0.1, -0.05) is 12.1 Å². The summed E-state index contributed by atoms with van der Waals surface area (Å²) in [5.74, 6) is -2.14. The number of piperidine rings is 1. The lowest BCUT2D eigenvalue weighted by molar-refractivity contribution is -0.383. The van der Waals surface area contributed by atoms with Gasteiger partial charge in [0.25, 0.3) is 11.6 Å². The maximum Gasteiger partial charge on any atom is 0.422 e. The largest absolute Gasteiger partial charge is 0.452 e. The number of amides is 2. The first-order chi connectivity index (χ1) is 14.5. The Morgan fingerprint density at radius 2 is 1.87 bits per heavy atom. The quantitative estimate of drug-likeness (QED) is 0.403. The Kier molecular flexibility index (Phi) is 7.78. The van der Waals surface area contributed by atoms with Crippen molar-refractivity contribution in [2.45, 2.75) is 32.0 Å². The molecule has 1 N–H and O–H groups in total. The van der Waals surface area contributed by atoms with Crippen molar-refractivity contribution >= 4 is 29.3 Å². The minimum absolute atomic E-state index is 0.00670. The first-order valence-electron chi connectivity index (χ1n) is 9.21. The molecule has 1 aliphatic rings. The SMILES string of the molecule is CC(OC(=O)C1CCN(C(=O)OCC(F)(F)F)CC1)C(=O)Nc1ccccc1[N+](=O)[O-]. The minimum atomic E-state index is -4.63. The van der Waals surface area contributed by atoms with Crippen LogP contribution in [0.4, 0.5) is 29.3 Å². The Bertz CT molecular complexity index is 839. The summed E-state index contributed by atoms with van der Waals surface area (Å²) in [5.41, 5.74) is -0.370. The number of halogens is 3. The number of carbonyl (C=O) groups excluding carboxylic acids is 3. The molecule has 1 unspecified atom stereocenters. The lowest BCUT2D eigenvalue weighted by Gasteiger charge is -2.30. The number of hydrogen-bond donors (Lipinski definition) is 1. The first kappa shape index (κ1) is 23.9. The van der Waals surface area contributed by atoms with Crippen LogP contribution in [0.15, 0.2) is 24.3 Å². The van der Waals surface area contributed by atoms with Gasteiger partial charge >= 0.3 is 18.2 Å². The van der Waals surface area contributed by atoms with Crippen LogP contribution in [0.5, 0.6) is 0 Å². The lowest BCUT2D eigenvalue weighted by atomic mass is 9.97. The fourth-order valence-electron chi connectivity index (χ4n) is 2.83. The van der Waals surface area contributed by atoms with E-state index in [1.807, 2.05) is 0 Å². The Morgan fingerprint density at radius 3 is 2.45 bits per heavy atom. The van der Waals surface area contributed by atoms with Crippen molar-refractivity contribution in [3.05, 3.63) is 34.4 Å². The number of carbonyl (C=O) groups is 3. The zero-order valence-electron chi connectivity index (χ0n) is 16.4. The van der Waals surface area contributed by atoms with Crippen LogP contribution >= 0.6 is 0 Å². The predicted molar refractivity (Wildman–Crippen MR) is 99.0 cm³/mol. The van der Waals surface area contributed by atoms with E-state index in [9.17, 15) is 37.7 Å². The number of nitrogens with zero attached hydrogens (tertiary/aromatic N) is 2. The normalized spacial score (nSPS) is 15.7. The Hall–Kier alpha value is -3.38. The van der Waals surface area contributed by atoms with E-state index in [2.05, 4.69) is 10.1 Å². The number of esters is 1. The summed E-state index contributed by atoms with van der Waals surface area (Å²) in [6, 6.07) is 5.47. The summed E-state index contributed by atoms with van der Waals surface area (Å²) in [6.07, 6.45) is -6.76. The van der Waals surface area contributed by atoms with Crippen LogP contribution in [0.1, 0.15) is 19.8 Å².